The fourth-order valence-corrected chi connectivity index (χ4v) is 0.707. The molecule has 2 N–H and O–H groups in total. The summed E-state index contributed by atoms with van der Waals surface area (Å²) in [5.74, 6) is 1.22. The van der Waals surface area contributed by atoms with Gasteiger partial charge in [-0.1, -0.05) is 0 Å². The molecule has 0 unspecified atom stereocenters. The first kappa shape index (κ1) is 4.64. The molecule has 3 nitrogen and oxygen atoms in total. The summed E-state index contributed by atoms with van der Waals surface area (Å²) in [6.45, 7) is 0. The van der Waals surface area contributed by atoms with Crippen LogP contribution >= 0.6 is 11.8 Å². The maximum absolute atomic E-state index is 5.21. The van der Waals surface area contributed by atoms with E-state index >= 15 is 0 Å². The molecule has 0 spiro atoms. The van der Waals surface area contributed by atoms with Crippen molar-refractivity contribution in [3.05, 3.63) is 11.2 Å². The molecule has 38 valence electrons. The molecule has 1 rings (SSSR count). The van der Waals surface area contributed by atoms with Crippen LogP contribution in [0.2, 0.25) is 0 Å². The first-order valence-corrected chi connectivity index (χ1v) is 2.89. The van der Waals surface area contributed by atoms with E-state index in [1.165, 1.54) is 0 Å². The van der Waals surface area contributed by atoms with Crippen molar-refractivity contribution in [2.24, 2.45) is 16.0 Å². The Morgan fingerprint density at radius 3 is 3.00 bits per heavy atom. The Bertz CT molecular complexity index is 117. The number of thioether (sulfide) groups is 1. The Balaban J connectivity index is 2.58. The number of nitrogens with two attached hydrogens (primary N) is 1. The topological polar surface area (TPSA) is 50.7 Å². The van der Waals surface area contributed by atoms with Crippen LogP contribution in [0.3, 0.4) is 0 Å². The third kappa shape index (κ3) is 1.19. The van der Waals surface area contributed by atoms with E-state index in [1.54, 1.807) is 17.2 Å². The highest BCUT2D eigenvalue weighted by Gasteiger charge is 1.89. The van der Waals surface area contributed by atoms with Crippen LogP contribution in [0.4, 0.5) is 0 Å². The van der Waals surface area contributed by atoms with Gasteiger partial charge in [0.15, 0.2) is 5.82 Å². The van der Waals surface area contributed by atoms with Gasteiger partial charge >= 0.3 is 0 Å². The lowest BCUT2D eigenvalue weighted by molar-refractivity contribution is 1.03. The highest BCUT2D eigenvalue weighted by molar-refractivity contribution is 8.02. The quantitative estimate of drug-likeness (QED) is 0.510. The molecule has 0 bridgehead atoms. The summed E-state index contributed by atoms with van der Waals surface area (Å²) >= 11 is 1.56. The summed E-state index contributed by atoms with van der Waals surface area (Å²) in [7, 11) is 0. The largest absolute Gasteiger partial charge is 0.382 e. The molecule has 0 saturated carbocycles. The smallest absolute Gasteiger partial charge is 0.152 e. The third-order valence-corrected chi connectivity index (χ3v) is 1.20. The maximum atomic E-state index is 5.21. The van der Waals surface area contributed by atoms with Crippen LogP contribution in [0.25, 0.3) is 0 Å². The molecule has 0 atom stereocenters. The average molecular weight is 115 g/mol. The molecule has 1 aliphatic heterocycles. The Labute approximate surface area is 45.7 Å². The lowest BCUT2D eigenvalue weighted by Crippen LogP contribution is -1.93. The summed E-state index contributed by atoms with van der Waals surface area (Å²) in [5, 5.41) is 9.01. The number of nitrogens with zero attached hydrogens (tertiary/aromatic N) is 2. The van der Waals surface area contributed by atoms with Gasteiger partial charge in [-0.25, -0.2) is 0 Å². The normalized spacial score (nSPS) is 19.1. The number of azo groups is 1. The van der Waals surface area contributed by atoms with Gasteiger partial charge in [0, 0.05) is 5.41 Å². The van der Waals surface area contributed by atoms with Crippen molar-refractivity contribution >= 4 is 11.8 Å². The molecule has 0 aromatic carbocycles. The van der Waals surface area contributed by atoms with Crippen molar-refractivity contribution in [3.63, 3.8) is 0 Å². The number of rotatable bonds is 0. The zero-order valence-electron chi connectivity index (χ0n) is 3.66. The maximum Gasteiger partial charge on any atom is 0.152 e. The lowest BCUT2D eigenvalue weighted by Gasteiger charge is -1.94. The lowest BCUT2D eigenvalue weighted by atomic mass is 10.9. The molecule has 1 heterocycles. The number of hydrogen-bond donors (Lipinski definition) is 1. The van der Waals surface area contributed by atoms with Gasteiger partial charge in [-0.05, 0) is 0 Å². The highest BCUT2D eigenvalue weighted by atomic mass is 32.2. The first-order chi connectivity index (χ1) is 3.39. The van der Waals surface area contributed by atoms with Gasteiger partial charge in [0.1, 0.15) is 5.88 Å². The van der Waals surface area contributed by atoms with E-state index in [0.717, 1.165) is 0 Å². The van der Waals surface area contributed by atoms with Gasteiger partial charge in [-0.15, -0.1) is 16.9 Å². The fourth-order valence-electron chi connectivity index (χ4n) is 0.290. The average Bonchev–Trinajstić information content (AvgIpc) is 1.69. The minimum absolute atomic E-state index is 0.510. The van der Waals surface area contributed by atoms with Crippen LogP contribution in [0.1, 0.15) is 0 Å². The minimum atomic E-state index is 0.510. The van der Waals surface area contributed by atoms with Crippen molar-refractivity contribution in [3.8, 4) is 0 Å². The van der Waals surface area contributed by atoms with Crippen molar-refractivity contribution in [1.82, 2.24) is 0 Å². The predicted molar refractivity (Wildman–Crippen MR) is 29.6 cm³/mol. The van der Waals surface area contributed by atoms with Gasteiger partial charge in [-0.2, -0.15) is 5.11 Å². The summed E-state index contributed by atoms with van der Waals surface area (Å²) in [6.07, 6.45) is 0. The van der Waals surface area contributed by atoms with Gasteiger partial charge < -0.3 is 5.73 Å². The molecule has 0 aromatic rings. The molecule has 4 heteroatoms. The van der Waals surface area contributed by atoms with E-state index in [0.29, 0.717) is 11.7 Å². The van der Waals surface area contributed by atoms with Gasteiger partial charge in [-0.3, -0.25) is 0 Å². The molecule has 0 fully saturated rings. The molecule has 7 heavy (non-hydrogen) atoms. The van der Waals surface area contributed by atoms with Crippen molar-refractivity contribution in [1.29, 1.82) is 0 Å². The van der Waals surface area contributed by atoms with E-state index in [-0.39, 0.29) is 0 Å². The van der Waals surface area contributed by atoms with E-state index in [1.807, 2.05) is 0 Å². The van der Waals surface area contributed by atoms with E-state index in [9.17, 15) is 0 Å². The zero-order chi connectivity index (χ0) is 5.11. The summed E-state index contributed by atoms with van der Waals surface area (Å²) in [5.41, 5.74) is 5.21. The molecule has 0 radical (unpaired) electrons. The second-order valence-electron chi connectivity index (χ2n) is 1.08. The van der Waals surface area contributed by atoms with Crippen LogP contribution in [-0.2, 0) is 0 Å². The molecule has 0 aromatic heterocycles. The van der Waals surface area contributed by atoms with Crippen LogP contribution in [-0.4, -0.2) is 5.88 Å². The highest BCUT2D eigenvalue weighted by Crippen LogP contribution is 2.10. The minimum Gasteiger partial charge on any atom is -0.382 e. The molecule has 0 aliphatic carbocycles. The second-order valence-corrected chi connectivity index (χ2v) is 1.91. The first-order valence-electron chi connectivity index (χ1n) is 1.84. The van der Waals surface area contributed by atoms with E-state index in [2.05, 4.69) is 10.2 Å². The van der Waals surface area contributed by atoms with Crippen molar-refractivity contribution < 1.29 is 0 Å². The summed E-state index contributed by atoms with van der Waals surface area (Å²) < 4.78 is 0. The monoisotopic (exact) mass is 115 g/mol. The fraction of sp³-hybridized carbons (Fsp3) is 0.333. The van der Waals surface area contributed by atoms with Crippen LogP contribution in [0.15, 0.2) is 21.5 Å². The molecular formula is C3H5N3S. The van der Waals surface area contributed by atoms with Crippen LogP contribution in [0, 0.1) is 0 Å². The Kier molecular flexibility index (Phi) is 1.31. The molecule has 0 amide bonds. The summed E-state index contributed by atoms with van der Waals surface area (Å²) in [4.78, 5) is 0. The molecule has 1 aliphatic rings. The van der Waals surface area contributed by atoms with E-state index in [4.69, 9.17) is 5.73 Å². The van der Waals surface area contributed by atoms with Crippen LogP contribution in [0.5, 0.6) is 0 Å². The van der Waals surface area contributed by atoms with Gasteiger partial charge in [0.2, 0.25) is 0 Å². The number of hydrogen-bond acceptors (Lipinski definition) is 4. The second kappa shape index (κ2) is 1.97. The SMILES string of the molecule is NC1=CSCN=N1. The predicted octanol–water partition coefficient (Wildman–Crippen LogP) is 0.901. The third-order valence-electron chi connectivity index (χ3n) is 0.523. The van der Waals surface area contributed by atoms with Gasteiger partial charge in [0.05, 0.1) is 0 Å². The summed E-state index contributed by atoms with van der Waals surface area (Å²) in [6, 6.07) is 0. The molecular weight excluding hydrogens is 110 g/mol. The van der Waals surface area contributed by atoms with Gasteiger partial charge in [0.25, 0.3) is 0 Å². The Morgan fingerprint density at radius 1 is 1.86 bits per heavy atom. The molecule has 0 saturated heterocycles. The Hall–Kier alpha value is -0.510. The van der Waals surface area contributed by atoms with E-state index < -0.39 is 0 Å². The standard InChI is InChI=1S/C3H5N3S/c4-3-1-7-2-5-6-3/h1H,2,4H2. The van der Waals surface area contributed by atoms with Crippen molar-refractivity contribution in [2.45, 2.75) is 0 Å². The van der Waals surface area contributed by atoms with Crippen LogP contribution < -0.4 is 5.73 Å². The van der Waals surface area contributed by atoms with Crippen molar-refractivity contribution in [2.75, 3.05) is 5.88 Å². The Morgan fingerprint density at radius 2 is 2.71 bits per heavy atom. The zero-order valence-corrected chi connectivity index (χ0v) is 4.48.